The molecule has 0 saturated heterocycles. The molecule has 1 heterocycles. The van der Waals surface area contributed by atoms with E-state index >= 15 is 0 Å². The maximum atomic E-state index is 14.2. The molecular formula is C19H24ClF2N5O. The highest BCUT2D eigenvalue weighted by molar-refractivity contribution is 5.93. The zero-order valence-corrected chi connectivity index (χ0v) is 16.4. The van der Waals surface area contributed by atoms with Crippen molar-refractivity contribution >= 4 is 30.1 Å². The molecule has 1 fully saturated rings. The van der Waals surface area contributed by atoms with Crippen molar-refractivity contribution in [3.63, 3.8) is 0 Å². The van der Waals surface area contributed by atoms with Crippen molar-refractivity contribution in [2.75, 3.05) is 17.2 Å². The standard InChI is InChI=1S/C19H23F2N5O.ClH/c1-2-23-16-7-8-24-19(26-16)25-13-5-3-11(4-6-13)14-9-12(18(22)27)10-15(20)17(14)21;/h7-11,13H,2-6H2,1H3,(H2,22,27)(H2,23,24,25,26);1H. The second kappa shape index (κ2) is 9.64. The molecule has 0 atom stereocenters. The van der Waals surface area contributed by atoms with Crippen LogP contribution in [-0.4, -0.2) is 28.5 Å². The molecule has 3 rings (SSSR count). The zero-order chi connectivity index (χ0) is 19.4. The van der Waals surface area contributed by atoms with Crippen LogP contribution in [0.25, 0.3) is 0 Å². The molecule has 2 aromatic rings. The fourth-order valence-electron chi connectivity index (χ4n) is 3.49. The van der Waals surface area contributed by atoms with Crippen molar-refractivity contribution in [1.82, 2.24) is 9.97 Å². The summed E-state index contributed by atoms with van der Waals surface area (Å²) in [5.74, 6) is -1.53. The minimum absolute atomic E-state index is 0. The van der Waals surface area contributed by atoms with Crippen molar-refractivity contribution in [3.05, 3.63) is 47.2 Å². The third-order valence-corrected chi connectivity index (χ3v) is 4.85. The number of anilines is 2. The van der Waals surface area contributed by atoms with Crippen LogP contribution >= 0.6 is 12.4 Å². The molecule has 0 unspecified atom stereocenters. The van der Waals surface area contributed by atoms with Gasteiger partial charge in [0, 0.05) is 24.3 Å². The van der Waals surface area contributed by atoms with Gasteiger partial charge in [0.1, 0.15) is 5.82 Å². The number of rotatable bonds is 6. The summed E-state index contributed by atoms with van der Waals surface area (Å²) in [7, 11) is 0. The van der Waals surface area contributed by atoms with E-state index in [9.17, 15) is 13.6 Å². The summed E-state index contributed by atoms with van der Waals surface area (Å²) in [6.07, 6.45) is 4.56. The van der Waals surface area contributed by atoms with E-state index in [0.717, 1.165) is 31.3 Å². The number of carbonyl (C=O) groups is 1. The van der Waals surface area contributed by atoms with E-state index in [1.807, 2.05) is 6.92 Å². The van der Waals surface area contributed by atoms with Crippen LogP contribution in [0.4, 0.5) is 20.5 Å². The van der Waals surface area contributed by atoms with Crippen LogP contribution in [0.5, 0.6) is 0 Å². The van der Waals surface area contributed by atoms with E-state index < -0.39 is 17.5 Å². The molecule has 0 radical (unpaired) electrons. The lowest BCUT2D eigenvalue weighted by Gasteiger charge is -2.29. The topological polar surface area (TPSA) is 92.9 Å². The highest BCUT2D eigenvalue weighted by Crippen LogP contribution is 2.36. The van der Waals surface area contributed by atoms with Gasteiger partial charge in [-0.1, -0.05) is 0 Å². The van der Waals surface area contributed by atoms with E-state index in [2.05, 4.69) is 20.6 Å². The maximum absolute atomic E-state index is 14.2. The van der Waals surface area contributed by atoms with Crippen molar-refractivity contribution < 1.29 is 13.6 Å². The summed E-state index contributed by atoms with van der Waals surface area (Å²) in [5.41, 5.74) is 5.44. The number of hydrogen-bond acceptors (Lipinski definition) is 5. The number of aromatic nitrogens is 2. The lowest BCUT2D eigenvalue weighted by molar-refractivity contribution is 0.0999. The van der Waals surface area contributed by atoms with E-state index in [-0.39, 0.29) is 35.5 Å². The molecule has 1 saturated carbocycles. The summed E-state index contributed by atoms with van der Waals surface area (Å²) in [4.78, 5) is 20.0. The Labute approximate surface area is 168 Å². The Morgan fingerprint density at radius 2 is 1.96 bits per heavy atom. The van der Waals surface area contributed by atoms with Crippen molar-refractivity contribution in [2.24, 2.45) is 5.73 Å². The Morgan fingerprint density at radius 3 is 2.61 bits per heavy atom. The van der Waals surface area contributed by atoms with E-state index in [0.29, 0.717) is 18.8 Å². The Kier molecular flexibility index (Phi) is 7.51. The van der Waals surface area contributed by atoms with Gasteiger partial charge >= 0.3 is 0 Å². The van der Waals surface area contributed by atoms with Crippen LogP contribution in [-0.2, 0) is 0 Å². The molecule has 1 amide bonds. The number of carbonyl (C=O) groups excluding carboxylic acids is 1. The molecule has 6 nitrogen and oxygen atoms in total. The fourth-order valence-corrected chi connectivity index (χ4v) is 3.49. The predicted octanol–water partition coefficient (Wildman–Crippen LogP) is 3.85. The molecule has 1 aliphatic rings. The Balaban J connectivity index is 0.00000280. The average molecular weight is 412 g/mol. The molecular weight excluding hydrogens is 388 g/mol. The maximum Gasteiger partial charge on any atom is 0.248 e. The molecule has 1 aliphatic carbocycles. The van der Waals surface area contributed by atoms with Gasteiger partial charge in [0.15, 0.2) is 11.6 Å². The van der Waals surface area contributed by atoms with Crippen molar-refractivity contribution in [2.45, 2.75) is 44.6 Å². The minimum atomic E-state index is -1.03. The van der Waals surface area contributed by atoms with Gasteiger partial charge in [-0.3, -0.25) is 4.79 Å². The number of primary amides is 1. The zero-order valence-electron chi connectivity index (χ0n) is 15.5. The summed E-state index contributed by atoms with van der Waals surface area (Å²) >= 11 is 0. The average Bonchev–Trinajstić information content (AvgIpc) is 2.65. The largest absolute Gasteiger partial charge is 0.370 e. The van der Waals surface area contributed by atoms with Crippen LogP contribution in [0.15, 0.2) is 24.4 Å². The number of halogens is 3. The second-order valence-electron chi connectivity index (χ2n) is 6.71. The van der Waals surface area contributed by atoms with Crippen molar-refractivity contribution in [1.29, 1.82) is 0 Å². The SMILES string of the molecule is CCNc1ccnc(NC2CCC(c3cc(C(N)=O)cc(F)c3F)CC2)n1.Cl. The molecule has 28 heavy (non-hydrogen) atoms. The van der Waals surface area contributed by atoms with E-state index in [1.54, 1.807) is 12.3 Å². The third kappa shape index (κ3) is 5.07. The van der Waals surface area contributed by atoms with Gasteiger partial charge in [0.25, 0.3) is 0 Å². The first-order valence-corrected chi connectivity index (χ1v) is 9.10. The van der Waals surface area contributed by atoms with Crippen LogP contribution < -0.4 is 16.4 Å². The lowest BCUT2D eigenvalue weighted by Crippen LogP contribution is -2.27. The summed E-state index contributed by atoms with van der Waals surface area (Å²) < 4.78 is 28.0. The van der Waals surface area contributed by atoms with Gasteiger partial charge in [0.2, 0.25) is 11.9 Å². The van der Waals surface area contributed by atoms with Crippen LogP contribution in [0.1, 0.15) is 54.4 Å². The summed E-state index contributed by atoms with van der Waals surface area (Å²) in [6.45, 7) is 2.76. The summed E-state index contributed by atoms with van der Waals surface area (Å²) in [5, 5.41) is 6.44. The van der Waals surface area contributed by atoms with Gasteiger partial charge < -0.3 is 16.4 Å². The number of amides is 1. The second-order valence-corrected chi connectivity index (χ2v) is 6.71. The van der Waals surface area contributed by atoms with Crippen LogP contribution in [0, 0.1) is 11.6 Å². The highest BCUT2D eigenvalue weighted by Gasteiger charge is 2.27. The first-order chi connectivity index (χ1) is 13.0. The Morgan fingerprint density at radius 1 is 1.25 bits per heavy atom. The predicted molar refractivity (Wildman–Crippen MR) is 107 cm³/mol. The Hall–Kier alpha value is -2.48. The van der Waals surface area contributed by atoms with Gasteiger partial charge in [-0.05, 0) is 62.3 Å². The minimum Gasteiger partial charge on any atom is -0.370 e. The first kappa shape index (κ1) is 21.8. The normalized spacial score (nSPS) is 18.8. The molecule has 0 bridgehead atoms. The number of nitrogens with one attached hydrogen (secondary N) is 2. The summed E-state index contributed by atoms with van der Waals surface area (Å²) in [6, 6.07) is 4.19. The number of benzene rings is 1. The lowest BCUT2D eigenvalue weighted by atomic mass is 9.81. The molecule has 1 aromatic carbocycles. The molecule has 0 aliphatic heterocycles. The van der Waals surface area contributed by atoms with Crippen LogP contribution in [0.3, 0.4) is 0 Å². The molecule has 0 spiro atoms. The number of nitrogens with zero attached hydrogens (tertiary/aromatic N) is 2. The van der Waals surface area contributed by atoms with Gasteiger partial charge in [-0.15, -0.1) is 12.4 Å². The smallest absolute Gasteiger partial charge is 0.248 e. The third-order valence-electron chi connectivity index (χ3n) is 4.85. The van der Waals surface area contributed by atoms with Crippen molar-refractivity contribution in [3.8, 4) is 0 Å². The molecule has 4 N–H and O–H groups in total. The fraction of sp³-hybridized carbons (Fsp3) is 0.421. The van der Waals surface area contributed by atoms with E-state index in [4.69, 9.17) is 5.73 Å². The highest BCUT2D eigenvalue weighted by atomic mass is 35.5. The van der Waals surface area contributed by atoms with Gasteiger partial charge in [0.05, 0.1) is 0 Å². The monoisotopic (exact) mass is 411 g/mol. The van der Waals surface area contributed by atoms with E-state index in [1.165, 1.54) is 6.07 Å². The number of nitrogens with two attached hydrogens (primary N) is 1. The quantitative estimate of drug-likeness (QED) is 0.671. The number of hydrogen-bond donors (Lipinski definition) is 3. The van der Waals surface area contributed by atoms with Crippen LogP contribution in [0.2, 0.25) is 0 Å². The van der Waals surface area contributed by atoms with Gasteiger partial charge in [-0.2, -0.15) is 4.98 Å². The Bertz CT molecular complexity index is 828. The molecule has 9 heteroatoms. The van der Waals surface area contributed by atoms with Gasteiger partial charge in [-0.25, -0.2) is 13.8 Å². The molecule has 152 valence electrons. The first-order valence-electron chi connectivity index (χ1n) is 9.10. The molecule has 1 aromatic heterocycles.